The molecule has 1 N–H and O–H groups in total. The van der Waals surface area contributed by atoms with Crippen molar-refractivity contribution < 1.29 is 4.74 Å². The lowest BCUT2D eigenvalue weighted by Crippen LogP contribution is -2.25. The monoisotopic (exact) mass is 213 g/mol. The van der Waals surface area contributed by atoms with Crippen molar-refractivity contribution >= 4 is 0 Å². The van der Waals surface area contributed by atoms with Crippen LogP contribution < -0.4 is 5.32 Å². The van der Waals surface area contributed by atoms with E-state index in [1.807, 2.05) is 0 Å². The minimum atomic E-state index is 0.612. The van der Waals surface area contributed by atoms with Crippen LogP contribution in [0.5, 0.6) is 0 Å². The summed E-state index contributed by atoms with van der Waals surface area (Å²) >= 11 is 0. The molecule has 0 amide bonds. The molecule has 2 heteroatoms. The number of ether oxygens (including phenoxy) is 1. The maximum atomic E-state index is 5.15. The molecule has 0 radical (unpaired) electrons. The maximum absolute atomic E-state index is 5.15. The minimum absolute atomic E-state index is 0.612. The molecule has 0 aromatic rings. The summed E-state index contributed by atoms with van der Waals surface area (Å²) in [4.78, 5) is 0. The zero-order valence-corrected chi connectivity index (χ0v) is 10.5. The highest BCUT2D eigenvalue weighted by Gasteiger charge is 2.41. The first kappa shape index (κ1) is 13.0. The average molecular weight is 213 g/mol. The summed E-state index contributed by atoms with van der Waals surface area (Å²) in [7, 11) is 1.80. The van der Waals surface area contributed by atoms with Gasteiger partial charge in [0.25, 0.3) is 0 Å². The van der Waals surface area contributed by atoms with E-state index in [0.29, 0.717) is 5.41 Å². The molecule has 15 heavy (non-hydrogen) atoms. The van der Waals surface area contributed by atoms with Crippen LogP contribution in [-0.2, 0) is 4.74 Å². The molecule has 0 aromatic heterocycles. The van der Waals surface area contributed by atoms with Crippen molar-refractivity contribution in [1.82, 2.24) is 5.32 Å². The molecule has 0 aliphatic heterocycles. The highest BCUT2D eigenvalue weighted by molar-refractivity contribution is 4.94. The third-order valence-electron chi connectivity index (χ3n) is 3.50. The van der Waals surface area contributed by atoms with Gasteiger partial charge in [-0.2, -0.15) is 0 Å². The summed E-state index contributed by atoms with van der Waals surface area (Å²) in [5.41, 5.74) is 0.612. The number of hydrogen-bond donors (Lipinski definition) is 1. The third-order valence-corrected chi connectivity index (χ3v) is 3.50. The van der Waals surface area contributed by atoms with Crippen molar-refractivity contribution in [2.24, 2.45) is 5.41 Å². The molecule has 0 atom stereocenters. The number of hydrogen-bond acceptors (Lipinski definition) is 2. The highest BCUT2D eigenvalue weighted by Crippen LogP contribution is 2.48. The topological polar surface area (TPSA) is 21.3 Å². The Kier molecular flexibility index (Phi) is 6.26. The Morgan fingerprint density at radius 3 is 2.60 bits per heavy atom. The molecular weight excluding hydrogens is 186 g/mol. The number of nitrogens with one attached hydrogen (secondary N) is 1. The van der Waals surface area contributed by atoms with Crippen LogP contribution in [0.2, 0.25) is 0 Å². The third kappa shape index (κ3) is 5.53. The van der Waals surface area contributed by atoms with E-state index in [-0.39, 0.29) is 0 Å². The number of unbranched alkanes of at least 4 members (excludes halogenated alkanes) is 3. The fourth-order valence-corrected chi connectivity index (χ4v) is 2.04. The van der Waals surface area contributed by atoms with Crippen LogP contribution >= 0.6 is 0 Å². The zero-order valence-electron chi connectivity index (χ0n) is 10.5. The second kappa shape index (κ2) is 7.24. The molecular formula is C13H27NO. The van der Waals surface area contributed by atoms with Gasteiger partial charge in [-0.1, -0.05) is 26.2 Å². The zero-order chi connectivity index (χ0) is 11.0. The van der Waals surface area contributed by atoms with Gasteiger partial charge in [0.2, 0.25) is 0 Å². The molecule has 0 heterocycles. The fraction of sp³-hybridized carbons (Fsp3) is 1.00. The van der Waals surface area contributed by atoms with E-state index in [1.165, 1.54) is 58.0 Å². The summed E-state index contributed by atoms with van der Waals surface area (Å²) in [6.45, 7) is 5.60. The summed E-state index contributed by atoms with van der Waals surface area (Å²) in [5.74, 6) is 0. The molecule has 0 spiro atoms. The van der Waals surface area contributed by atoms with E-state index < -0.39 is 0 Å². The molecule has 0 unspecified atom stereocenters. The smallest absolute Gasteiger partial charge is 0.0468 e. The van der Waals surface area contributed by atoms with Crippen LogP contribution in [0.1, 0.15) is 51.9 Å². The molecule has 1 rings (SSSR count). The van der Waals surface area contributed by atoms with Gasteiger partial charge >= 0.3 is 0 Å². The predicted octanol–water partition coefficient (Wildman–Crippen LogP) is 2.97. The van der Waals surface area contributed by atoms with Gasteiger partial charge in [-0.25, -0.2) is 0 Å². The maximum Gasteiger partial charge on any atom is 0.0468 e. The quantitative estimate of drug-likeness (QED) is 0.563. The second-order valence-electron chi connectivity index (χ2n) is 4.98. The van der Waals surface area contributed by atoms with Gasteiger partial charge in [-0.15, -0.1) is 0 Å². The van der Waals surface area contributed by atoms with Crippen LogP contribution in [0, 0.1) is 5.41 Å². The highest BCUT2D eigenvalue weighted by atomic mass is 16.5. The van der Waals surface area contributed by atoms with Gasteiger partial charge in [0, 0.05) is 20.3 Å². The van der Waals surface area contributed by atoms with E-state index >= 15 is 0 Å². The normalized spacial score (nSPS) is 18.0. The van der Waals surface area contributed by atoms with Gasteiger partial charge < -0.3 is 10.1 Å². The summed E-state index contributed by atoms with van der Waals surface area (Å²) in [6, 6.07) is 0. The summed E-state index contributed by atoms with van der Waals surface area (Å²) in [5, 5.41) is 3.60. The van der Waals surface area contributed by atoms with Crippen LogP contribution in [0.3, 0.4) is 0 Å². The molecule has 1 fully saturated rings. The van der Waals surface area contributed by atoms with Gasteiger partial charge in [-0.05, 0) is 37.6 Å². The molecule has 0 bridgehead atoms. The average Bonchev–Trinajstić information content (AvgIpc) is 3.01. The lowest BCUT2D eigenvalue weighted by molar-refractivity contribution is 0.171. The molecule has 1 saturated carbocycles. The number of methoxy groups -OCH3 is 1. The Hall–Kier alpha value is -0.0800. The molecule has 0 saturated heterocycles. The van der Waals surface area contributed by atoms with Gasteiger partial charge in [0.15, 0.2) is 0 Å². The summed E-state index contributed by atoms with van der Waals surface area (Å²) in [6.07, 6.45) is 9.49. The Labute approximate surface area is 94.8 Å². The van der Waals surface area contributed by atoms with E-state index in [1.54, 1.807) is 7.11 Å². The van der Waals surface area contributed by atoms with Gasteiger partial charge in [0.05, 0.1) is 0 Å². The Bertz CT molecular complexity index is 155. The van der Waals surface area contributed by atoms with Crippen molar-refractivity contribution in [2.45, 2.75) is 51.9 Å². The van der Waals surface area contributed by atoms with Crippen molar-refractivity contribution in [1.29, 1.82) is 0 Å². The largest absolute Gasteiger partial charge is 0.385 e. The molecule has 90 valence electrons. The first-order valence-corrected chi connectivity index (χ1v) is 6.53. The van der Waals surface area contributed by atoms with Crippen LogP contribution in [0.25, 0.3) is 0 Å². The van der Waals surface area contributed by atoms with Gasteiger partial charge in [-0.3, -0.25) is 0 Å². The SMILES string of the molecule is CCCCCCNCC1(CCOC)CC1. The van der Waals surface area contributed by atoms with Gasteiger partial charge in [0.1, 0.15) is 0 Å². The van der Waals surface area contributed by atoms with E-state index in [4.69, 9.17) is 4.74 Å². The molecule has 0 aromatic carbocycles. The van der Waals surface area contributed by atoms with E-state index in [2.05, 4.69) is 12.2 Å². The fourth-order valence-electron chi connectivity index (χ4n) is 2.04. The van der Waals surface area contributed by atoms with Crippen LogP contribution in [0.15, 0.2) is 0 Å². The Morgan fingerprint density at radius 1 is 1.20 bits per heavy atom. The standard InChI is InChI=1S/C13H27NO/c1-3-4-5-6-10-14-12-13(7-8-13)9-11-15-2/h14H,3-12H2,1-2H3. The van der Waals surface area contributed by atoms with Crippen molar-refractivity contribution in [2.75, 3.05) is 26.8 Å². The second-order valence-corrected chi connectivity index (χ2v) is 4.98. The lowest BCUT2D eigenvalue weighted by atomic mass is 10.0. The predicted molar refractivity (Wildman–Crippen MR) is 65.2 cm³/mol. The summed E-state index contributed by atoms with van der Waals surface area (Å²) < 4.78 is 5.15. The van der Waals surface area contributed by atoms with Crippen molar-refractivity contribution in [3.8, 4) is 0 Å². The molecule has 1 aliphatic rings. The van der Waals surface area contributed by atoms with E-state index in [9.17, 15) is 0 Å². The van der Waals surface area contributed by atoms with Crippen LogP contribution in [0.4, 0.5) is 0 Å². The first-order chi connectivity index (χ1) is 7.33. The minimum Gasteiger partial charge on any atom is -0.385 e. The van der Waals surface area contributed by atoms with Crippen LogP contribution in [-0.4, -0.2) is 26.8 Å². The van der Waals surface area contributed by atoms with Crippen molar-refractivity contribution in [3.05, 3.63) is 0 Å². The van der Waals surface area contributed by atoms with Crippen molar-refractivity contribution in [3.63, 3.8) is 0 Å². The lowest BCUT2D eigenvalue weighted by Gasteiger charge is -2.15. The molecule has 2 nitrogen and oxygen atoms in total. The Morgan fingerprint density at radius 2 is 2.00 bits per heavy atom. The van der Waals surface area contributed by atoms with E-state index in [0.717, 1.165) is 6.61 Å². The molecule has 1 aliphatic carbocycles. The number of rotatable bonds is 10. The Balaban J connectivity index is 1.90. The first-order valence-electron chi connectivity index (χ1n) is 6.53.